The van der Waals surface area contributed by atoms with Gasteiger partial charge >= 0.3 is 0 Å². The number of nitrogens with one attached hydrogen (secondary N) is 1. The summed E-state index contributed by atoms with van der Waals surface area (Å²) in [6, 6.07) is 5.54. The lowest BCUT2D eigenvalue weighted by atomic mass is 9.91. The van der Waals surface area contributed by atoms with Crippen molar-refractivity contribution in [3.8, 4) is 5.75 Å². The number of hydrogen-bond donors (Lipinski definition) is 1. The maximum absolute atomic E-state index is 5.76. The van der Waals surface area contributed by atoms with E-state index in [-0.39, 0.29) is 0 Å². The van der Waals surface area contributed by atoms with Gasteiger partial charge in [0.15, 0.2) is 11.6 Å². The molecule has 2 aliphatic rings. The summed E-state index contributed by atoms with van der Waals surface area (Å²) in [4.78, 5) is 7.03. The molecule has 3 heterocycles. The SMILES string of the molecule is CCCOc1cccnc1NCC1CC2CCC(C1)N2C. The minimum absolute atomic E-state index is 0.749. The molecule has 2 saturated heterocycles. The Balaban J connectivity index is 1.56. The quantitative estimate of drug-likeness (QED) is 0.873. The van der Waals surface area contributed by atoms with Crippen molar-refractivity contribution in [3.63, 3.8) is 0 Å². The van der Waals surface area contributed by atoms with Crippen molar-refractivity contribution in [2.45, 2.75) is 51.1 Å². The largest absolute Gasteiger partial charge is 0.490 e. The fourth-order valence-electron chi connectivity index (χ4n) is 3.78. The molecule has 4 heteroatoms. The summed E-state index contributed by atoms with van der Waals surface area (Å²) in [5.74, 6) is 2.55. The number of hydrogen-bond acceptors (Lipinski definition) is 4. The normalized spacial score (nSPS) is 28.6. The molecule has 2 bridgehead atoms. The van der Waals surface area contributed by atoms with E-state index in [4.69, 9.17) is 4.74 Å². The van der Waals surface area contributed by atoms with Crippen LogP contribution in [0.15, 0.2) is 18.3 Å². The molecule has 1 aromatic rings. The van der Waals surface area contributed by atoms with Crippen LogP contribution < -0.4 is 10.1 Å². The van der Waals surface area contributed by atoms with Crippen molar-refractivity contribution >= 4 is 5.82 Å². The summed E-state index contributed by atoms with van der Waals surface area (Å²) in [6.45, 7) is 3.89. The number of anilines is 1. The molecule has 21 heavy (non-hydrogen) atoms. The van der Waals surface area contributed by atoms with E-state index in [1.165, 1.54) is 25.7 Å². The minimum atomic E-state index is 0.749. The Kier molecular flexibility index (Phi) is 4.63. The monoisotopic (exact) mass is 289 g/mol. The zero-order valence-electron chi connectivity index (χ0n) is 13.2. The molecule has 4 nitrogen and oxygen atoms in total. The third-order valence-electron chi connectivity index (χ3n) is 4.99. The van der Waals surface area contributed by atoms with Gasteiger partial charge in [-0.3, -0.25) is 0 Å². The Morgan fingerprint density at radius 1 is 1.33 bits per heavy atom. The highest BCUT2D eigenvalue weighted by molar-refractivity contribution is 5.49. The predicted molar refractivity (Wildman–Crippen MR) is 85.8 cm³/mol. The third-order valence-corrected chi connectivity index (χ3v) is 4.99. The second kappa shape index (κ2) is 6.65. The van der Waals surface area contributed by atoms with Crippen LogP contribution in [0.2, 0.25) is 0 Å². The highest BCUT2D eigenvalue weighted by atomic mass is 16.5. The summed E-state index contributed by atoms with van der Waals surface area (Å²) in [5.41, 5.74) is 0. The van der Waals surface area contributed by atoms with Crippen molar-refractivity contribution in [2.75, 3.05) is 25.5 Å². The van der Waals surface area contributed by atoms with Crippen LogP contribution >= 0.6 is 0 Å². The van der Waals surface area contributed by atoms with E-state index < -0.39 is 0 Å². The summed E-state index contributed by atoms with van der Waals surface area (Å²) < 4.78 is 5.76. The maximum atomic E-state index is 5.76. The molecule has 2 fully saturated rings. The summed E-state index contributed by atoms with van der Waals surface area (Å²) in [7, 11) is 2.29. The second-order valence-electron chi connectivity index (χ2n) is 6.47. The van der Waals surface area contributed by atoms with Crippen LogP contribution in [0, 0.1) is 5.92 Å². The lowest BCUT2D eigenvalue weighted by molar-refractivity contribution is 0.139. The van der Waals surface area contributed by atoms with Gasteiger partial charge in [-0.25, -0.2) is 4.98 Å². The highest BCUT2D eigenvalue weighted by Crippen LogP contribution is 2.37. The number of ether oxygens (including phenoxy) is 1. The fraction of sp³-hybridized carbons (Fsp3) is 0.706. The van der Waals surface area contributed by atoms with Gasteiger partial charge in [0.2, 0.25) is 0 Å². The summed E-state index contributed by atoms with van der Waals surface area (Å²) >= 11 is 0. The van der Waals surface area contributed by atoms with Gasteiger partial charge in [-0.15, -0.1) is 0 Å². The van der Waals surface area contributed by atoms with E-state index in [0.717, 1.165) is 49.1 Å². The van der Waals surface area contributed by atoms with Crippen LogP contribution in [0.4, 0.5) is 5.82 Å². The van der Waals surface area contributed by atoms with Gasteiger partial charge in [0.25, 0.3) is 0 Å². The van der Waals surface area contributed by atoms with E-state index in [2.05, 4.69) is 29.2 Å². The highest BCUT2D eigenvalue weighted by Gasteiger charge is 2.38. The molecule has 0 aliphatic carbocycles. The first kappa shape index (κ1) is 14.6. The van der Waals surface area contributed by atoms with Crippen LogP contribution in [-0.4, -0.2) is 42.2 Å². The zero-order chi connectivity index (χ0) is 14.7. The molecule has 2 atom stereocenters. The molecule has 0 aromatic carbocycles. The Bertz CT molecular complexity index is 451. The van der Waals surface area contributed by atoms with Crippen LogP contribution in [0.5, 0.6) is 5.75 Å². The van der Waals surface area contributed by atoms with Gasteiger partial charge in [0, 0.05) is 24.8 Å². The van der Waals surface area contributed by atoms with Crippen LogP contribution in [0.1, 0.15) is 39.0 Å². The first-order valence-electron chi connectivity index (χ1n) is 8.31. The van der Waals surface area contributed by atoms with Gasteiger partial charge < -0.3 is 15.0 Å². The van der Waals surface area contributed by atoms with E-state index >= 15 is 0 Å². The van der Waals surface area contributed by atoms with Crippen LogP contribution in [-0.2, 0) is 0 Å². The molecule has 3 rings (SSSR count). The zero-order valence-corrected chi connectivity index (χ0v) is 13.2. The number of nitrogens with zero attached hydrogens (tertiary/aromatic N) is 2. The van der Waals surface area contributed by atoms with Crippen LogP contribution in [0.3, 0.4) is 0 Å². The van der Waals surface area contributed by atoms with Gasteiger partial charge in [0.05, 0.1) is 6.61 Å². The standard InChI is InChI=1S/C17H27N3O/c1-3-9-21-16-5-4-8-18-17(16)19-12-13-10-14-6-7-15(11-13)20(14)2/h4-5,8,13-15H,3,6-7,9-12H2,1-2H3,(H,18,19). The summed E-state index contributed by atoms with van der Waals surface area (Å²) in [6.07, 6.45) is 8.25. The number of rotatable bonds is 6. The van der Waals surface area contributed by atoms with E-state index in [0.29, 0.717) is 0 Å². The maximum Gasteiger partial charge on any atom is 0.168 e. The van der Waals surface area contributed by atoms with Gasteiger partial charge in [-0.1, -0.05) is 6.92 Å². The van der Waals surface area contributed by atoms with Crippen LogP contribution in [0.25, 0.3) is 0 Å². The molecule has 116 valence electrons. The number of pyridine rings is 1. The Morgan fingerprint density at radius 2 is 2.10 bits per heavy atom. The summed E-state index contributed by atoms with van der Waals surface area (Å²) in [5, 5.41) is 3.52. The van der Waals surface area contributed by atoms with Crippen molar-refractivity contribution in [3.05, 3.63) is 18.3 Å². The lowest BCUT2D eigenvalue weighted by Crippen LogP contribution is -2.41. The topological polar surface area (TPSA) is 37.4 Å². The first-order valence-corrected chi connectivity index (χ1v) is 8.31. The Hall–Kier alpha value is -1.29. The Labute approximate surface area is 127 Å². The number of aromatic nitrogens is 1. The average Bonchev–Trinajstić information content (AvgIpc) is 2.74. The molecular weight excluding hydrogens is 262 g/mol. The van der Waals surface area contributed by atoms with Crippen molar-refractivity contribution in [1.82, 2.24) is 9.88 Å². The smallest absolute Gasteiger partial charge is 0.168 e. The third kappa shape index (κ3) is 3.31. The molecule has 0 radical (unpaired) electrons. The van der Waals surface area contributed by atoms with Gasteiger partial charge in [-0.05, 0) is 57.2 Å². The molecule has 1 aromatic heterocycles. The van der Waals surface area contributed by atoms with Crippen molar-refractivity contribution < 1.29 is 4.74 Å². The first-order chi connectivity index (χ1) is 10.3. The van der Waals surface area contributed by atoms with Gasteiger partial charge in [-0.2, -0.15) is 0 Å². The molecule has 1 N–H and O–H groups in total. The molecular formula is C17H27N3O. The van der Waals surface area contributed by atoms with E-state index in [1.807, 2.05) is 18.3 Å². The second-order valence-corrected chi connectivity index (χ2v) is 6.47. The average molecular weight is 289 g/mol. The lowest BCUT2D eigenvalue weighted by Gasteiger charge is -2.36. The number of piperidine rings is 1. The van der Waals surface area contributed by atoms with Crippen molar-refractivity contribution in [2.24, 2.45) is 5.92 Å². The minimum Gasteiger partial charge on any atom is -0.490 e. The number of fused-ring (bicyclic) bond motifs is 2. The molecule has 0 saturated carbocycles. The molecule has 2 aliphatic heterocycles. The van der Waals surface area contributed by atoms with E-state index in [9.17, 15) is 0 Å². The fourth-order valence-corrected chi connectivity index (χ4v) is 3.78. The molecule has 0 amide bonds. The van der Waals surface area contributed by atoms with E-state index in [1.54, 1.807) is 0 Å². The van der Waals surface area contributed by atoms with Crippen molar-refractivity contribution in [1.29, 1.82) is 0 Å². The van der Waals surface area contributed by atoms with Gasteiger partial charge in [0.1, 0.15) is 0 Å². The predicted octanol–water partition coefficient (Wildman–Crippen LogP) is 3.16. The Morgan fingerprint density at radius 3 is 2.81 bits per heavy atom. The molecule has 2 unspecified atom stereocenters. The molecule has 0 spiro atoms.